The van der Waals surface area contributed by atoms with E-state index in [0.717, 1.165) is 19.6 Å². The maximum atomic E-state index is 5.50. The molecule has 0 radical (unpaired) electrons. The van der Waals surface area contributed by atoms with Gasteiger partial charge in [0.15, 0.2) is 0 Å². The first kappa shape index (κ1) is 7.86. The molecule has 0 amide bonds. The zero-order chi connectivity index (χ0) is 7.84. The molecule has 2 unspecified atom stereocenters. The Morgan fingerprint density at radius 2 is 2.27 bits per heavy atom. The number of hydrogen-bond donors (Lipinski definition) is 0. The normalized spacial score (nSPS) is 39.8. The molecule has 0 saturated carbocycles. The molecule has 0 spiro atoms. The van der Waals surface area contributed by atoms with Crippen LogP contribution in [0, 0.1) is 0 Å². The Morgan fingerprint density at radius 3 is 3.00 bits per heavy atom. The van der Waals surface area contributed by atoms with Crippen LogP contribution in [0.15, 0.2) is 0 Å². The standard InChI is InChI=1S/C7H14N2OS/c1-8-3-4-9(11-2)7-6(5-8)10-7/h6-7H,3-5H2,1-2H3. The first-order chi connectivity index (χ1) is 5.31. The Morgan fingerprint density at radius 1 is 1.45 bits per heavy atom. The van der Waals surface area contributed by atoms with Gasteiger partial charge in [0, 0.05) is 19.6 Å². The van der Waals surface area contributed by atoms with Gasteiger partial charge in [-0.05, 0) is 13.3 Å². The van der Waals surface area contributed by atoms with Crippen molar-refractivity contribution in [3.63, 3.8) is 0 Å². The van der Waals surface area contributed by atoms with Gasteiger partial charge in [-0.15, -0.1) is 0 Å². The average Bonchev–Trinajstić information content (AvgIpc) is 2.68. The van der Waals surface area contributed by atoms with Crippen molar-refractivity contribution in [2.45, 2.75) is 12.3 Å². The van der Waals surface area contributed by atoms with E-state index in [1.54, 1.807) is 11.9 Å². The molecule has 2 heterocycles. The monoisotopic (exact) mass is 174 g/mol. The summed E-state index contributed by atoms with van der Waals surface area (Å²) in [5, 5.41) is 0. The minimum absolute atomic E-state index is 0.412. The van der Waals surface area contributed by atoms with Crippen molar-refractivity contribution in [3.8, 4) is 0 Å². The van der Waals surface area contributed by atoms with Gasteiger partial charge in [-0.3, -0.25) is 0 Å². The van der Waals surface area contributed by atoms with Crippen LogP contribution in [0.1, 0.15) is 0 Å². The highest BCUT2D eigenvalue weighted by atomic mass is 32.2. The van der Waals surface area contributed by atoms with E-state index in [4.69, 9.17) is 4.74 Å². The number of epoxide rings is 1. The SMILES string of the molecule is CSN1CCN(C)CC2OC21. The number of ether oxygens (including phenoxy) is 1. The van der Waals surface area contributed by atoms with E-state index in [-0.39, 0.29) is 0 Å². The Hall–Kier alpha value is 0.230. The van der Waals surface area contributed by atoms with Gasteiger partial charge in [0.25, 0.3) is 0 Å². The lowest BCUT2D eigenvalue weighted by Crippen LogP contribution is -2.27. The molecular weight excluding hydrogens is 160 g/mol. The van der Waals surface area contributed by atoms with Crippen LogP contribution < -0.4 is 0 Å². The Balaban J connectivity index is 1.95. The third kappa shape index (κ3) is 1.54. The molecule has 0 aromatic heterocycles. The number of rotatable bonds is 1. The lowest BCUT2D eigenvalue weighted by Gasteiger charge is -2.17. The number of hydrogen-bond acceptors (Lipinski definition) is 4. The van der Waals surface area contributed by atoms with Crippen LogP contribution in [0.2, 0.25) is 0 Å². The second-order valence-electron chi connectivity index (χ2n) is 3.15. The molecule has 2 rings (SSSR count). The largest absolute Gasteiger partial charge is 0.351 e. The van der Waals surface area contributed by atoms with Gasteiger partial charge in [0.05, 0.1) is 0 Å². The predicted octanol–water partition coefficient (Wildman–Crippen LogP) is 0.237. The molecule has 4 heteroatoms. The fraction of sp³-hybridized carbons (Fsp3) is 1.00. The molecule has 2 saturated heterocycles. The number of fused-ring (bicyclic) bond motifs is 1. The quantitative estimate of drug-likeness (QED) is 0.418. The van der Waals surface area contributed by atoms with Gasteiger partial charge in [0.1, 0.15) is 12.3 Å². The molecule has 2 aliphatic heterocycles. The van der Waals surface area contributed by atoms with Crippen molar-refractivity contribution in [3.05, 3.63) is 0 Å². The summed E-state index contributed by atoms with van der Waals surface area (Å²) < 4.78 is 7.82. The second kappa shape index (κ2) is 2.94. The van der Waals surface area contributed by atoms with Crippen LogP contribution in [0.3, 0.4) is 0 Å². The van der Waals surface area contributed by atoms with Crippen molar-refractivity contribution in [1.29, 1.82) is 0 Å². The summed E-state index contributed by atoms with van der Waals surface area (Å²) in [5.41, 5.74) is 0. The Labute approximate surface area is 71.8 Å². The van der Waals surface area contributed by atoms with E-state index in [0.29, 0.717) is 12.3 Å². The summed E-state index contributed by atoms with van der Waals surface area (Å²) >= 11 is 1.79. The molecule has 3 nitrogen and oxygen atoms in total. The van der Waals surface area contributed by atoms with E-state index in [1.807, 2.05) is 0 Å². The van der Waals surface area contributed by atoms with Crippen LogP contribution in [-0.4, -0.2) is 54.5 Å². The summed E-state index contributed by atoms with van der Waals surface area (Å²) in [4.78, 5) is 2.33. The van der Waals surface area contributed by atoms with Crippen molar-refractivity contribution >= 4 is 11.9 Å². The van der Waals surface area contributed by atoms with E-state index in [1.165, 1.54) is 0 Å². The summed E-state index contributed by atoms with van der Waals surface area (Å²) in [6, 6.07) is 0. The van der Waals surface area contributed by atoms with E-state index < -0.39 is 0 Å². The highest BCUT2D eigenvalue weighted by molar-refractivity contribution is 7.96. The average molecular weight is 174 g/mol. The third-order valence-electron chi connectivity index (χ3n) is 2.27. The van der Waals surface area contributed by atoms with Crippen molar-refractivity contribution < 1.29 is 4.74 Å². The highest BCUT2D eigenvalue weighted by Gasteiger charge is 2.45. The molecule has 0 aliphatic carbocycles. The fourth-order valence-corrected chi connectivity index (χ4v) is 2.17. The summed E-state index contributed by atoms with van der Waals surface area (Å²) in [7, 11) is 2.16. The molecule has 0 bridgehead atoms. The minimum atomic E-state index is 0.412. The molecular formula is C7H14N2OS. The van der Waals surface area contributed by atoms with Crippen molar-refractivity contribution in [2.24, 2.45) is 0 Å². The maximum Gasteiger partial charge on any atom is 0.147 e. The van der Waals surface area contributed by atoms with E-state index in [2.05, 4.69) is 22.5 Å². The summed E-state index contributed by atoms with van der Waals surface area (Å²) in [5.74, 6) is 0. The van der Waals surface area contributed by atoms with Crippen LogP contribution in [0.25, 0.3) is 0 Å². The van der Waals surface area contributed by atoms with Gasteiger partial charge in [0.2, 0.25) is 0 Å². The fourth-order valence-electron chi connectivity index (χ4n) is 1.51. The van der Waals surface area contributed by atoms with Gasteiger partial charge in [-0.2, -0.15) is 0 Å². The lowest BCUT2D eigenvalue weighted by molar-refractivity contribution is 0.218. The number of likely N-dealkylation sites (N-methyl/N-ethyl adjacent to an activating group) is 1. The smallest absolute Gasteiger partial charge is 0.147 e. The molecule has 64 valence electrons. The topological polar surface area (TPSA) is 19.0 Å². The molecule has 11 heavy (non-hydrogen) atoms. The van der Waals surface area contributed by atoms with Crippen LogP contribution in [-0.2, 0) is 4.74 Å². The van der Waals surface area contributed by atoms with Crippen molar-refractivity contribution in [2.75, 3.05) is 32.9 Å². The number of nitrogens with zero attached hydrogens (tertiary/aromatic N) is 2. The maximum absolute atomic E-state index is 5.50. The van der Waals surface area contributed by atoms with E-state index >= 15 is 0 Å². The van der Waals surface area contributed by atoms with Crippen LogP contribution in [0.4, 0.5) is 0 Å². The van der Waals surface area contributed by atoms with Gasteiger partial charge < -0.3 is 9.64 Å². The minimum Gasteiger partial charge on any atom is -0.351 e. The Kier molecular flexibility index (Phi) is 2.10. The first-order valence-corrected chi connectivity index (χ1v) is 5.14. The Bertz CT molecular complexity index is 155. The van der Waals surface area contributed by atoms with Crippen LogP contribution >= 0.6 is 11.9 Å². The van der Waals surface area contributed by atoms with Crippen LogP contribution in [0.5, 0.6) is 0 Å². The summed E-state index contributed by atoms with van der Waals surface area (Å²) in [6.45, 7) is 3.39. The summed E-state index contributed by atoms with van der Waals surface area (Å²) in [6.07, 6.45) is 3.01. The van der Waals surface area contributed by atoms with Crippen molar-refractivity contribution in [1.82, 2.24) is 9.21 Å². The van der Waals surface area contributed by atoms with Gasteiger partial charge in [-0.25, -0.2) is 4.31 Å². The zero-order valence-electron chi connectivity index (χ0n) is 6.99. The predicted molar refractivity (Wildman–Crippen MR) is 46.4 cm³/mol. The highest BCUT2D eigenvalue weighted by Crippen LogP contribution is 2.32. The third-order valence-corrected chi connectivity index (χ3v) is 3.13. The van der Waals surface area contributed by atoms with Gasteiger partial charge >= 0.3 is 0 Å². The second-order valence-corrected chi connectivity index (χ2v) is 3.98. The molecule has 2 atom stereocenters. The van der Waals surface area contributed by atoms with Gasteiger partial charge in [-0.1, -0.05) is 11.9 Å². The van der Waals surface area contributed by atoms with E-state index in [9.17, 15) is 0 Å². The molecule has 2 fully saturated rings. The zero-order valence-corrected chi connectivity index (χ0v) is 7.80. The lowest BCUT2D eigenvalue weighted by atomic mass is 10.4. The molecule has 0 aromatic carbocycles. The molecule has 0 aromatic rings. The first-order valence-electron chi connectivity index (χ1n) is 3.96. The molecule has 2 aliphatic rings. The molecule has 0 N–H and O–H groups in total.